The van der Waals surface area contributed by atoms with Crippen LogP contribution in [0.3, 0.4) is 0 Å². The smallest absolute Gasteiger partial charge is 0.0130 e. The van der Waals surface area contributed by atoms with E-state index in [0.29, 0.717) is 0 Å². The van der Waals surface area contributed by atoms with Gasteiger partial charge in [-0.25, -0.2) is 0 Å². The summed E-state index contributed by atoms with van der Waals surface area (Å²) in [5, 5.41) is 0. The molecule has 0 aromatic heterocycles. The second kappa shape index (κ2) is 8.62. The minimum atomic E-state index is 1.21. The molecular formula is C22H16I2. The average molecular weight is 534 g/mol. The lowest BCUT2D eigenvalue weighted by molar-refractivity contribution is 1.59. The van der Waals surface area contributed by atoms with E-state index in [4.69, 9.17) is 0 Å². The molecule has 0 N–H and O–H groups in total. The van der Waals surface area contributed by atoms with Crippen LogP contribution in [0.25, 0.3) is 24.3 Å². The highest BCUT2D eigenvalue weighted by atomic mass is 127. The average Bonchev–Trinajstić information content (AvgIpc) is 2.61. The molecule has 0 aliphatic rings. The third-order valence-electron chi connectivity index (χ3n) is 3.59. The Hall–Kier alpha value is -1.40. The van der Waals surface area contributed by atoms with Crippen LogP contribution in [0.5, 0.6) is 0 Å². The summed E-state index contributed by atoms with van der Waals surface area (Å²) < 4.78 is 2.51. The Balaban J connectivity index is 1.74. The van der Waals surface area contributed by atoms with Crippen molar-refractivity contribution < 1.29 is 0 Å². The molecule has 0 saturated carbocycles. The second-order valence-corrected chi connectivity index (χ2v) is 7.93. The third-order valence-corrected chi connectivity index (χ3v) is 5.03. The van der Waals surface area contributed by atoms with Crippen molar-refractivity contribution in [1.82, 2.24) is 0 Å². The molecule has 118 valence electrons. The highest BCUT2D eigenvalue weighted by molar-refractivity contribution is 14.1. The van der Waals surface area contributed by atoms with Gasteiger partial charge < -0.3 is 0 Å². The van der Waals surface area contributed by atoms with Gasteiger partial charge in [0.1, 0.15) is 0 Å². The van der Waals surface area contributed by atoms with Crippen LogP contribution in [0, 0.1) is 7.14 Å². The first-order chi connectivity index (χ1) is 11.7. The quantitative estimate of drug-likeness (QED) is 0.245. The number of rotatable bonds is 4. The molecule has 2 heteroatoms. The molecule has 0 fully saturated rings. The summed E-state index contributed by atoms with van der Waals surface area (Å²) in [5.74, 6) is 0. The standard InChI is InChI=1S/C22H16I2/c23-21-12-8-17(9-13-21)4-6-19-2-1-3-20(16-19)7-5-18-10-14-22(24)15-11-18/h1-16H. The molecule has 24 heavy (non-hydrogen) atoms. The molecule has 3 aromatic carbocycles. The minimum Gasteiger partial charge on any atom is -0.0611 e. The maximum Gasteiger partial charge on any atom is 0.0130 e. The highest BCUT2D eigenvalue weighted by Gasteiger charge is 1.92. The minimum absolute atomic E-state index is 1.21. The summed E-state index contributed by atoms with van der Waals surface area (Å²) in [7, 11) is 0. The summed E-state index contributed by atoms with van der Waals surface area (Å²) in [4.78, 5) is 0. The highest BCUT2D eigenvalue weighted by Crippen LogP contribution is 2.15. The first-order valence-electron chi connectivity index (χ1n) is 7.66. The Labute approximate surface area is 170 Å². The molecule has 3 rings (SSSR count). The summed E-state index contributed by atoms with van der Waals surface area (Å²) in [5.41, 5.74) is 4.85. The van der Waals surface area contributed by atoms with Gasteiger partial charge in [-0.3, -0.25) is 0 Å². The van der Waals surface area contributed by atoms with E-state index in [2.05, 4.69) is 142 Å². The van der Waals surface area contributed by atoms with E-state index in [0.717, 1.165) is 0 Å². The molecule has 0 radical (unpaired) electrons. The first kappa shape index (κ1) is 17.4. The fraction of sp³-hybridized carbons (Fsp3) is 0. The zero-order valence-electron chi connectivity index (χ0n) is 13.0. The van der Waals surface area contributed by atoms with Crippen LogP contribution < -0.4 is 0 Å². The predicted octanol–water partition coefficient (Wildman–Crippen LogP) is 7.24. The Morgan fingerprint density at radius 2 is 0.833 bits per heavy atom. The topological polar surface area (TPSA) is 0 Å². The lowest BCUT2D eigenvalue weighted by atomic mass is 10.1. The maximum absolute atomic E-state index is 2.32. The number of benzene rings is 3. The molecule has 0 nitrogen and oxygen atoms in total. The third kappa shape index (κ3) is 5.31. The molecular weight excluding hydrogens is 518 g/mol. The van der Waals surface area contributed by atoms with Crippen molar-refractivity contribution in [3.63, 3.8) is 0 Å². The van der Waals surface area contributed by atoms with E-state index in [1.165, 1.54) is 29.4 Å². The zero-order chi connectivity index (χ0) is 16.8. The predicted molar refractivity (Wildman–Crippen MR) is 123 cm³/mol. The number of halogens is 2. The SMILES string of the molecule is Ic1ccc(C=Cc2cccc(C=Cc3ccc(I)cc3)c2)cc1. The van der Waals surface area contributed by atoms with Gasteiger partial charge in [0, 0.05) is 7.14 Å². The van der Waals surface area contributed by atoms with Crippen LogP contribution >= 0.6 is 45.2 Å². The van der Waals surface area contributed by atoms with Crippen molar-refractivity contribution in [1.29, 1.82) is 0 Å². The van der Waals surface area contributed by atoms with E-state index in [-0.39, 0.29) is 0 Å². The van der Waals surface area contributed by atoms with Crippen LogP contribution in [0.4, 0.5) is 0 Å². The van der Waals surface area contributed by atoms with E-state index >= 15 is 0 Å². The van der Waals surface area contributed by atoms with Gasteiger partial charge >= 0.3 is 0 Å². The second-order valence-electron chi connectivity index (χ2n) is 5.44. The summed E-state index contributed by atoms with van der Waals surface area (Å²) in [6.45, 7) is 0. The van der Waals surface area contributed by atoms with Gasteiger partial charge in [-0.1, -0.05) is 66.8 Å². The monoisotopic (exact) mass is 534 g/mol. The number of hydrogen-bond acceptors (Lipinski definition) is 0. The van der Waals surface area contributed by atoms with Gasteiger partial charge in [-0.15, -0.1) is 0 Å². The lowest BCUT2D eigenvalue weighted by Crippen LogP contribution is -1.77. The van der Waals surface area contributed by atoms with Crippen LogP contribution in [0.2, 0.25) is 0 Å². The van der Waals surface area contributed by atoms with Crippen molar-refractivity contribution in [2.45, 2.75) is 0 Å². The molecule has 0 heterocycles. The zero-order valence-corrected chi connectivity index (χ0v) is 17.3. The fourth-order valence-electron chi connectivity index (χ4n) is 2.30. The van der Waals surface area contributed by atoms with E-state index in [1.807, 2.05) is 0 Å². The van der Waals surface area contributed by atoms with Crippen molar-refractivity contribution in [3.8, 4) is 0 Å². The summed E-state index contributed by atoms with van der Waals surface area (Å²) in [6, 6.07) is 25.6. The van der Waals surface area contributed by atoms with Gasteiger partial charge in [-0.05, 0) is 97.8 Å². The van der Waals surface area contributed by atoms with Crippen molar-refractivity contribution in [2.75, 3.05) is 0 Å². The van der Waals surface area contributed by atoms with Crippen molar-refractivity contribution in [2.24, 2.45) is 0 Å². The van der Waals surface area contributed by atoms with Gasteiger partial charge in [0.05, 0.1) is 0 Å². The van der Waals surface area contributed by atoms with Gasteiger partial charge in [0.25, 0.3) is 0 Å². The van der Waals surface area contributed by atoms with E-state index in [1.54, 1.807) is 0 Å². The Morgan fingerprint density at radius 1 is 0.458 bits per heavy atom. The van der Waals surface area contributed by atoms with Gasteiger partial charge in [0.15, 0.2) is 0 Å². The fourth-order valence-corrected chi connectivity index (χ4v) is 3.02. The van der Waals surface area contributed by atoms with E-state index in [9.17, 15) is 0 Å². The largest absolute Gasteiger partial charge is 0.0611 e. The number of hydrogen-bond donors (Lipinski definition) is 0. The van der Waals surface area contributed by atoms with Crippen LogP contribution in [0.1, 0.15) is 22.3 Å². The molecule has 0 aliphatic heterocycles. The van der Waals surface area contributed by atoms with Crippen molar-refractivity contribution >= 4 is 69.5 Å². The molecule has 3 aromatic rings. The molecule has 0 amide bonds. The molecule has 0 spiro atoms. The van der Waals surface area contributed by atoms with E-state index < -0.39 is 0 Å². The van der Waals surface area contributed by atoms with Crippen LogP contribution in [-0.2, 0) is 0 Å². The van der Waals surface area contributed by atoms with Crippen LogP contribution in [-0.4, -0.2) is 0 Å². The van der Waals surface area contributed by atoms with Crippen LogP contribution in [0.15, 0.2) is 72.8 Å². The van der Waals surface area contributed by atoms with Crippen molar-refractivity contribution in [3.05, 3.63) is 102 Å². The molecule has 0 bridgehead atoms. The Kier molecular flexibility index (Phi) is 6.26. The van der Waals surface area contributed by atoms with Gasteiger partial charge in [0.2, 0.25) is 0 Å². The molecule has 0 aliphatic carbocycles. The summed E-state index contributed by atoms with van der Waals surface area (Å²) >= 11 is 4.65. The normalized spacial score (nSPS) is 11.4. The molecule has 0 saturated heterocycles. The van der Waals surface area contributed by atoms with Gasteiger partial charge in [-0.2, -0.15) is 0 Å². The molecule has 0 unspecified atom stereocenters. The Morgan fingerprint density at radius 3 is 1.25 bits per heavy atom. The molecule has 0 atom stereocenters. The lowest BCUT2D eigenvalue weighted by Gasteiger charge is -1.99. The summed E-state index contributed by atoms with van der Waals surface area (Å²) in [6.07, 6.45) is 8.62. The first-order valence-corrected chi connectivity index (χ1v) is 9.82. The maximum atomic E-state index is 2.32. The Bertz CT molecular complexity index is 786.